The third kappa shape index (κ3) is 5.55. The fourth-order valence-corrected chi connectivity index (χ4v) is 3.43. The van der Waals surface area contributed by atoms with Crippen LogP contribution in [0.4, 0.5) is 0 Å². The second-order valence-corrected chi connectivity index (χ2v) is 7.21. The number of ether oxygens (including phenoxy) is 2. The highest BCUT2D eigenvalue weighted by atomic mass is 79.9. The van der Waals surface area contributed by atoms with Gasteiger partial charge in [-0.25, -0.2) is 0 Å². The average Bonchev–Trinajstić information content (AvgIpc) is 2.67. The molecule has 0 atom stereocenters. The smallest absolute Gasteiger partial charge is 0.175 e. The molecule has 0 spiro atoms. The number of aromatic nitrogens is 1. The molecule has 0 bridgehead atoms. The van der Waals surface area contributed by atoms with Gasteiger partial charge >= 0.3 is 0 Å². The second-order valence-electron chi connectivity index (χ2n) is 6.35. The molecule has 0 amide bonds. The predicted molar refractivity (Wildman–Crippen MR) is 111 cm³/mol. The fourth-order valence-electron chi connectivity index (χ4n) is 2.83. The zero-order valence-corrected chi connectivity index (χ0v) is 17.1. The zero-order valence-electron chi connectivity index (χ0n) is 15.5. The molecule has 140 valence electrons. The Balaban J connectivity index is 1.65. The summed E-state index contributed by atoms with van der Waals surface area (Å²) in [4.78, 5) is 4.13. The Bertz CT molecular complexity index is 885. The number of methoxy groups -OCH3 is 1. The molecular formula is C22H23BrN2O2. The maximum absolute atomic E-state index is 6.03. The number of aryl methyl sites for hydroxylation is 1. The minimum Gasteiger partial charge on any atom is -0.493 e. The van der Waals surface area contributed by atoms with Crippen LogP contribution in [0, 0.1) is 6.92 Å². The van der Waals surface area contributed by atoms with Crippen LogP contribution in [0.25, 0.3) is 0 Å². The van der Waals surface area contributed by atoms with Gasteiger partial charge in [0.05, 0.1) is 11.6 Å². The number of nitrogens with zero attached hydrogens (tertiary/aromatic N) is 1. The van der Waals surface area contributed by atoms with Crippen LogP contribution in [0.3, 0.4) is 0 Å². The van der Waals surface area contributed by atoms with Crippen LogP contribution in [0.15, 0.2) is 65.4 Å². The maximum atomic E-state index is 6.03. The highest BCUT2D eigenvalue weighted by molar-refractivity contribution is 9.10. The van der Waals surface area contributed by atoms with Crippen LogP contribution < -0.4 is 14.8 Å². The molecule has 0 aliphatic heterocycles. The third-order valence-electron chi connectivity index (χ3n) is 4.14. The van der Waals surface area contributed by atoms with Crippen molar-refractivity contribution in [3.63, 3.8) is 0 Å². The summed E-state index contributed by atoms with van der Waals surface area (Å²) in [6.45, 7) is 4.06. The van der Waals surface area contributed by atoms with E-state index in [0.717, 1.165) is 45.8 Å². The Morgan fingerprint density at radius 2 is 1.81 bits per heavy atom. The highest BCUT2D eigenvalue weighted by Crippen LogP contribution is 2.37. The minimum atomic E-state index is 0.495. The zero-order chi connectivity index (χ0) is 19.1. The molecule has 3 rings (SSSR count). The van der Waals surface area contributed by atoms with Gasteiger partial charge in [-0.3, -0.25) is 4.98 Å². The van der Waals surface area contributed by atoms with E-state index >= 15 is 0 Å². The molecule has 2 aromatic carbocycles. The Morgan fingerprint density at radius 3 is 2.56 bits per heavy atom. The van der Waals surface area contributed by atoms with Crippen LogP contribution in [0.1, 0.15) is 22.3 Å². The van der Waals surface area contributed by atoms with Gasteiger partial charge in [-0.05, 0) is 57.7 Å². The van der Waals surface area contributed by atoms with Gasteiger partial charge < -0.3 is 14.8 Å². The van der Waals surface area contributed by atoms with Crippen LogP contribution in [0.2, 0.25) is 0 Å². The van der Waals surface area contributed by atoms with Gasteiger partial charge in [0.25, 0.3) is 0 Å². The number of nitrogens with one attached hydrogen (secondary N) is 1. The highest BCUT2D eigenvalue weighted by Gasteiger charge is 2.12. The Kier molecular flexibility index (Phi) is 6.85. The van der Waals surface area contributed by atoms with Crippen LogP contribution in [0.5, 0.6) is 11.5 Å². The van der Waals surface area contributed by atoms with Crippen molar-refractivity contribution < 1.29 is 9.47 Å². The molecule has 0 fully saturated rings. The molecule has 4 nitrogen and oxygen atoms in total. The van der Waals surface area contributed by atoms with Gasteiger partial charge in [-0.15, -0.1) is 0 Å². The van der Waals surface area contributed by atoms with Crippen molar-refractivity contribution in [2.75, 3.05) is 7.11 Å². The summed E-state index contributed by atoms with van der Waals surface area (Å²) in [5.41, 5.74) is 4.62. The molecule has 3 aromatic rings. The van der Waals surface area contributed by atoms with Gasteiger partial charge in [0.1, 0.15) is 6.61 Å². The molecule has 0 radical (unpaired) electrons. The van der Waals surface area contributed by atoms with E-state index in [1.165, 1.54) is 5.56 Å². The molecule has 0 aliphatic rings. The van der Waals surface area contributed by atoms with E-state index < -0.39 is 0 Å². The van der Waals surface area contributed by atoms with E-state index in [2.05, 4.69) is 63.5 Å². The molecule has 0 saturated heterocycles. The standard InChI is InChI=1S/C22H23BrN2O2/c1-16-5-3-6-17(9-16)15-27-22-20(23)10-19(11-21(22)26-2)14-25-13-18-7-4-8-24-12-18/h3-12,25H,13-15H2,1-2H3. The Hall–Kier alpha value is -2.37. The second kappa shape index (κ2) is 9.53. The van der Waals surface area contributed by atoms with Crippen LogP contribution in [-0.2, 0) is 19.7 Å². The SMILES string of the molecule is COc1cc(CNCc2cccnc2)cc(Br)c1OCc1cccc(C)c1. The van der Waals surface area contributed by atoms with E-state index in [-0.39, 0.29) is 0 Å². The van der Waals surface area contributed by atoms with Gasteiger partial charge in [-0.1, -0.05) is 35.9 Å². The van der Waals surface area contributed by atoms with Gasteiger partial charge in [0, 0.05) is 25.5 Å². The first-order valence-electron chi connectivity index (χ1n) is 8.80. The largest absolute Gasteiger partial charge is 0.493 e. The third-order valence-corrected chi connectivity index (χ3v) is 4.72. The van der Waals surface area contributed by atoms with Crippen molar-refractivity contribution in [3.05, 3.63) is 87.7 Å². The lowest BCUT2D eigenvalue weighted by molar-refractivity contribution is 0.282. The van der Waals surface area contributed by atoms with E-state index in [0.29, 0.717) is 6.61 Å². The molecule has 0 unspecified atom stereocenters. The van der Waals surface area contributed by atoms with Crippen molar-refractivity contribution in [1.82, 2.24) is 10.3 Å². The van der Waals surface area contributed by atoms with E-state index in [9.17, 15) is 0 Å². The minimum absolute atomic E-state index is 0.495. The topological polar surface area (TPSA) is 43.4 Å². The quantitative estimate of drug-likeness (QED) is 0.548. The van der Waals surface area contributed by atoms with E-state index in [4.69, 9.17) is 9.47 Å². The molecule has 5 heteroatoms. The van der Waals surface area contributed by atoms with Crippen molar-refractivity contribution in [2.45, 2.75) is 26.6 Å². The van der Waals surface area contributed by atoms with E-state index in [1.807, 2.05) is 24.4 Å². The first kappa shape index (κ1) is 19.4. The molecule has 1 N–H and O–H groups in total. The lowest BCUT2D eigenvalue weighted by Crippen LogP contribution is -2.13. The van der Waals surface area contributed by atoms with Crippen LogP contribution >= 0.6 is 15.9 Å². The van der Waals surface area contributed by atoms with Crippen LogP contribution in [-0.4, -0.2) is 12.1 Å². The molecule has 1 aromatic heterocycles. The summed E-state index contributed by atoms with van der Waals surface area (Å²) in [6, 6.07) is 16.4. The summed E-state index contributed by atoms with van der Waals surface area (Å²) in [6.07, 6.45) is 3.65. The lowest BCUT2D eigenvalue weighted by Gasteiger charge is -2.15. The summed E-state index contributed by atoms with van der Waals surface area (Å²) in [5, 5.41) is 3.42. The summed E-state index contributed by atoms with van der Waals surface area (Å²) < 4.78 is 12.5. The molecule has 1 heterocycles. The number of hydrogen-bond acceptors (Lipinski definition) is 4. The first-order chi connectivity index (χ1) is 13.2. The number of rotatable bonds is 8. The molecular weight excluding hydrogens is 404 g/mol. The fraction of sp³-hybridized carbons (Fsp3) is 0.227. The lowest BCUT2D eigenvalue weighted by atomic mass is 10.1. The first-order valence-corrected chi connectivity index (χ1v) is 9.59. The van der Waals surface area contributed by atoms with Gasteiger partial charge in [-0.2, -0.15) is 0 Å². The monoisotopic (exact) mass is 426 g/mol. The van der Waals surface area contributed by atoms with Gasteiger partial charge in [0.15, 0.2) is 11.5 Å². The Labute approximate surface area is 168 Å². The van der Waals surface area contributed by atoms with E-state index in [1.54, 1.807) is 13.3 Å². The normalized spacial score (nSPS) is 10.6. The van der Waals surface area contributed by atoms with Crippen molar-refractivity contribution >= 4 is 15.9 Å². The van der Waals surface area contributed by atoms with Crippen molar-refractivity contribution in [3.8, 4) is 11.5 Å². The number of benzene rings is 2. The number of halogens is 1. The average molecular weight is 427 g/mol. The number of pyridine rings is 1. The molecule has 0 saturated carbocycles. The molecule has 27 heavy (non-hydrogen) atoms. The maximum Gasteiger partial charge on any atom is 0.175 e. The predicted octanol–water partition coefficient (Wildman–Crippen LogP) is 5.03. The van der Waals surface area contributed by atoms with Crippen molar-refractivity contribution in [2.24, 2.45) is 0 Å². The van der Waals surface area contributed by atoms with Crippen molar-refractivity contribution in [1.29, 1.82) is 0 Å². The summed E-state index contributed by atoms with van der Waals surface area (Å²) in [5.74, 6) is 1.44. The molecule has 0 aliphatic carbocycles. The van der Waals surface area contributed by atoms with Gasteiger partial charge in [0.2, 0.25) is 0 Å². The summed E-state index contributed by atoms with van der Waals surface area (Å²) >= 11 is 3.62. The number of hydrogen-bond donors (Lipinski definition) is 1. The Morgan fingerprint density at radius 1 is 1.00 bits per heavy atom. The summed E-state index contributed by atoms with van der Waals surface area (Å²) in [7, 11) is 1.66.